The van der Waals surface area contributed by atoms with Gasteiger partial charge in [0.15, 0.2) is 0 Å². The first-order chi connectivity index (χ1) is 12.3. The van der Waals surface area contributed by atoms with Gasteiger partial charge in [0.05, 0.1) is 26.4 Å². The Balaban J connectivity index is 4.99. The standard InChI is InChI=1S/C14H30N2O8P2/c1-6-14(17)24-13(11-15-25(18,20-7-2)21-8-3)12-16-26(19,22-9-4)23-10-5/h6,13H,1,7-12H2,2-5H3,(H,15,18)(H,16,19). The van der Waals surface area contributed by atoms with Gasteiger partial charge in [0.2, 0.25) is 0 Å². The van der Waals surface area contributed by atoms with Gasteiger partial charge in [-0.3, -0.25) is 18.1 Å². The molecule has 0 radical (unpaired) electrons. The van der Waals surface area contributed by atoms with Gasteiger partial charge < -0.3 is 4.74 Å². The van der Waals surface area contributed by atoms with E-state index in [0.717, 1.165) is 6.08 Å². The fourth-order valence-corrected chi connectivity index (χ4v) is 4.46. The molecule has 0 rings (SSSR count). The summed E-state index contributed by atoms with van der Waals surface area (Å²) in [6.07, 6.45) is 0.131. The van der Waals surface area contributed by atoms with E-state index in [1.807, 2.05) is 0 Å². The van der Waals surface area contributed by atoms with Crippen LogP contribution in [0.5, 0.6) is 0 Å². The highest BCUT2D eigenvalue weighted by molar-refractivity contribution is 7.51. The molecule has 0 aromatic heterocycles. The van der Waals surface area contributed by atoms with Gasteiger partial charge >= 0.3 is 21.5 Å². The van der Waals surface area contributed by atoms with E-state index < -0.39 is 27.6 Å². The third-order valence-corrected chi connectivity index (χ3v) is 6.20. The van der Waals surface area contributed by atoms with Crippen LogP contribution in [0.1, 0.15) is 27.7 Å². The van der Waals surface area contributed by atoms with Crippen molar-refractivity contribution >= 4 is 21.5 Å². The molecule has 0 amide bonds. The van der Waals surface area contributed by atoms with E-state index in [2.05, 4.69) is 16.8 Å². The van der Waals surface area contributed by atoms with E-state index >= 15 is 0 Å². The normalized spacial score (nSPS) is 12.3. The van der Waals surface area contributed by atoms with Crippen molar-refractivity contribution in [3.8, 4) is 0 Å². The van der Waals surface area contributed by atoms with Crippen LogP contribution in [-0.4, -0.2) is 51.6 Å². The summed E-state index contributed by atoms with van der Waals surface area (Å²) in [6, 6.07) is 0. The Bertz CT molecular complexity index is 463. The van der Waals surface area contributed by atoms with Crippen LogP contribution >= 0.6 is 15.5 Å². The molecule has 154 valence electrons. The fourth-order valence-electron chi connectivity index (χ4n) is 1.73. The fraction of sp³-hybridized carbons (Fsp3) is 0.786. The zero-order chi connectivity index (χ0) is 20.1. The van der Waals surface area contributed by atoms with Gasteiger partial charge in [-0.2, -0.15) is 0 Å². The van der Waals surface area contributed by atoms with Crippen LogP contribution in [0.2, 0.25) is 0 Å². The summed E-state index contributed by atoms with van der Waals surface area (Å²) >= 11 is 0. The number of carbonyl (C=O) groups is 1. The Kier molecular flexibility index (Phi) is 13.3. The maximum Gasteiger partial charge on any atom is 0.405 e. The largest absolute Gasteiger partial charge is 0.456 e. The first-order valence-corrected chi connectivity index (χ1v) is 11.5. The summed E-state index contributed by atoms with van der Waals surface area (Å²) in [7, 11) is -7.08. The minimum atomic E-state index is -3.54. The summed E-state index contributed by atoms with van der Waals surface area (Å²) in [6.45, 7) is 10.5. The van der Waals surface area contributed by atoms with Gasteiger partial charge in [0.1, 0.15) is 6.10 Å². The lowest BCUT2D eigenvalue weighted by atomic mass is 10.3. The summed E-state index contributed by atoms with van der Waals surface area (Å²) in [4.78, 5) is 11.5. The lowest BCUT2D eigenvalue weighted by molar-refractivity contribution is -0.142. The number of ether oxygens (including phenoxy) is 1. The van der Waals surface area contributed by atoms with E-state index in [1.165, 1.54) is 0 Å². The lowest BCUT2D eigenvalue weighted by Gasteiger charge is -2.24. The molecular weight excluding hydrogens is 386 g/mol. The molecule has 0 bridgehead atoms. The second-order valence-electron chi connectivity index (χ2n) is 4.65. The Morgan fingerprint density at radius 2 is 1.23 bits per heavy atom. The molecule has 0 fully saturated rings. The Labute approximate surface area is 155 Å². The maximum atomic E-state index is 12.4. The van der Waals surface area contributed by atoms with Crippen LogP contribution in [0.3, 0.4) is 0 Å². The van der Waals surface area contributed by atoms with Gasteiger partial charge in [0, 0.05) is 19.2 Å². The highest BCUT2D eigenvalue weighted by Crippen LogP contribution is 2.44. The second-order valence-corrected chi connectivity index (χ2v) is 8.31. The molecule has 0 aliphatic heterocycles. The molecule has 0 aromatic rings. The topological polar surface area (TPSA) is 121 Å². The third-order valence-electron chi connectivity index (χ3n) is 2.67. The predicted molar refractivity (Wildman–Crippen MR) is 97.8 cm³/mol. The molecule has 0 aliphatic rings. The van der Waals surface area contributed by atoms with Crippen LogP contribution in [0, 0.1) is 0 Å². The second kappa shape index (κ2) is 13.6. The van der Waals surface area contributed by atoms with Gasteiger partial charge in [-0.25, -0.2) is 24.1 Å². The summed E-state index contributed by atoms with van der Waals surface area (Å²) in [5.41, 5.74) is 0. The van der Waals surface area contributed by atoms with Crippen LogP contribution in [-0.2, 0) is 36.8 Å². The third kappa shape index (κ3) is 10.5. The highest BCUT2D eigenvalue weighted by atomic mass is 31.2. The zero-order valence-electron chi connectivity index (χ0n) is 15.8. The maximum absolute atomic E-state index is 12.4. The quantitative estimate of drug-likeness (QED) is 0.221. The van der Waals surface area contributed by atoms with E-state index in [9.17, 15) is 13.9 Å². The molecule has 0 aliphatic carbocycles. The number of rotatable bonds is 16. The molecule has 0 heterocycles. The highest BCUT2D eigenvalue weighted by Gasteiger charge is 2.29. The zero-order valence-corrected chi connectivity index (χ0v) is 17.6. The molecular formula is C14H30N2O8P2. The summed E-state index contributed by atoms with van der Waals surface area (Å²) in [5.74, 6) is -0.691. The average molecular weight is 416 g/mol. The van der Waals surface area contributed by atoms with E-state index in [1.54, 1.807) is 27.7 Å². The number of nitrogens with one attached hydrogen (secondary N) is 2. The molecule has 0 saturated carbocycles. The van der Waals surface area contributed by atoms with Crippen LogP contribution in [0.4, 0.5) is 0 Å². The number of carbonyl (C=O) groups excluding carboxylic acids is 1. The monoisotopic (exact) mass is 416 g/mol. The summed E-state index contributed by atoms with van der Waals surface area (Å²) < 4.78 is 50.5. The first kappa shape index (κ1) is 25.4. The number of hydrogen-bond donors (Lipinski definition) is 2. The van der Waals surface area contributed by atoms with E-state index in [-0.39, 0.29) is 39.5 Å². The SMILES string of the molecule is C=CC(=O)OC(CNP(=O)(OCC)OCC)CNP(=O)(OCC)OCC. The van der Waals surface area contributed by atoms with Gasteiger partial charge in [0.25, 0.3) is 0 Å². The average Bonchev–Trinajstić information content (AvgIpc) is 2.58. The molecule has 0 unspecified atom stereocenters. The molecule has 12 heteroatoms. The van der Waals surface area contributed by atoms with Crippen LogP contribution in [0.25, 0.3) is 0 Å². The minimum Gasteiger partial charge on any atom is -0.456 e. The predicted octanol–water partition coefficient (Wildman–Crippen LogP) is 2.63. The summed E-state index contributed by atoms with van der Waals surface area (Å²) in [5, 5.41) is 5.23. The molecule has 0 atom stereocenters. The van der Waals surface area contributed by atoms with E-state index in [4.69, 9.17) is 22.8 Å². The van der Waals surface area contributed by atoms with Gasteiger partial charge in [-0.05, 0) is 27.7 Å². The molecule has 0 aromatic carbocycles. The van der Waals surface area contributed by atoms with Crippen molar-refractivity contribution < 1.29 is 36.8 Å². The molecule has 2 N–H and O–H groups in total. The molecule has 0 spiro atoms. The van der Waals surface area contributed by atoms with Crippen molar-refractivity contribution in [3.05, 3.63) is 12.7 Å². The smallest absolute Gasteiger partial charge is 0.405 e. The van der Waals surface area contributed by atoms with Crippen molar-refractivity contribution in [1.29, 1.82) is 0 Å². The Hall–Kier alpha value is -0.570. The Morgan fingerprint density at radius 1 is 0.885 bits per heavy atom. The van der Waals surface area contributed by atoms with Crippen molar-refractivity contribution in [1.82, 2.24) is 10.2 Å². The van der Waals surface area contributed by atoms with Crippen molar-refractivity contribution in [2.45, 2.75) is 33.8 Å². The van der Waals surface area contributed by atoms with Crippen molar-refractivity contribution in [3.63, 3.8) is 0 Å². The van der Waals surface area contributed by atoms with Gasteiger partial charge in [-0.1, -0.05) is 6.58 Å². The lowest BCUT2D eigenvalue weighted by Crippen LogP contribution is -2.37. The van der Waals surface area contributed by atoms with Gasteiger partial charge in [-0.15, -0.1) is 0 Å². The van der Waals surface area contributed by atoms with E-state index in [0.29, 0.717) is 0 Å². The number of hydrogen-bond acceptors (Lipinski definition) is 8. The molecule has 26 heavy (non-hydrogen) atoms. The first-order valence-electron chi connectivity index (χ1n) is 8.39. The molecule has 10 nitrogen and oxygen atoms in total. The van der Waals surface area contributed by atoms with Crippen molar-refractivity contribution in [2.75, 3.05) is 39.5 Å². The number of esters is 1. The van der Waals surface area contributed by atoms with Crippen molar-refractivity contribution in [2.24, 2.45) is 0 Å². The van der Waals surface area contributed by atoms with Crippen LogP contribution < -0.4 is 10.2 Å². The Morgan fingerprint density at radius 3 is 1.50 bits per heavy atom. The molecule has 0 saturated heterocycles. The minimum absolute atomic E-state index is 0.0812. The van der Waals surface area contributed by atoms with Crippen LogP contribution in [0.15, 0.2) is 12.7 Å².